The Kier molecular flexibility index (Phi) is 8.96. The number of rotatable bonds is 6. The summed E-state index contributed by atoms with van der Waals surface area (Å²) in [5, 5.41) is 0. The van der Waals surface area contributed by atoms with Crippen LogP contribution in [0.15, 0.2) is 36.4 Å². The molecule has 0 N–H and O–H groups in total. The molecule has 1 saturated heterocycles. The van der Waals surface area contributed by atoms with Crippen molar-refractivity contribution in [3.8, 4) is 0 Å². The Balaban J connectivity index is 2.13. The summed E-state index contributed by atoms with van der Waals surface area (Å²) in [6.45, 7) is 22.3. The quantitative estimate of drug-likeness (QED) is 0.365. The van der Waals surface area contributed by atoms with Crippen LogP contribution in [0.4, 0.5) is 11.4 Å². The number of hydrogen-bond acceptors (Lipinski definition) is 3. The van der Waals surface area contributed by atoms with Gasteiger partial charge in [-0.2, -0.15) is 0 Å². The first kappa shape index (κ1) is 25.4. The van der Waals surface area contributed by atoms with Crippen molar-refractivity contribution in [2.75, 3.05) is 32.5 Å². The first-order valence-corrected chi connectivity index (χ1v) is 14.9. The van der Waals surface area contributed by atoms with Gasteiger partial charge in [0, 0.05) is 0 Å². The number of para-hydroxylation sites is 2. The molecule has 32 heavy (non-hydrogen) atoms. The van der Waals surface area contributed by atoms with Gasteiger partial charge in [0.1, 0.15) is 0 Å². The van der Waals surface area contributed by atoms with Crippen LogP contribution in [-0.4, -0.2) is 48.0 Å². The van der Waals surface area contributed by atoms with E-state index >= 15 is 0 Å². The van der Waals surface area contributed by atoms with Crippen molar-refractivity contribution in [2.45, 2.75) is 79.1 Å². The molecule has 174 valence electrons. The van der Waals surface area contributed by atoms with Crippen molar-refractivity contribution >= 4 is 33.1 Å². The Morgan fingerprint density at radius 3 is 1.19 bits per heavy atom. The van der Waals surface area contributed by atoms with Crippen LogP contribution in [-0.2, 0) is 4.74 Å². The summed E-state index contributed by atoms with van der Waals surface area (Å²) in [5.41, 5.74) is 8.93. The molecule has 1 fully saturated rings. The van der Waals surface area contributed by atoms with Crippen LogP contribution in [0.5, 0.6) is 0 Å². The van der Waals surface area contributed by atoms with Gasteiger partial charge in [-0.3, -0.25) is 0 Å². The summed E-state index contributed by atoms with van der Waals surface area (Å²) in [7, 11) is 0. The SMILES string of the molecule is CC(C)c1cccc(C(C)C)c1[N]1CCOCC[N](c2c(C(C)C)cccc2C(C)C)[Sn]1. The third-order valence-corrected chi connectivity index (χ3v) is 10.3. The summed E-state index contributed by atoms with van der Waals surface area (Å²) >= 11 is -1.11. The molecule has 0 unspecified atom stereocenters. The molecule has 4 heteroatoms. The van der Waals surface area contributed by atoms with Crippen molar-refractivity contribution in [1.82, 2.24) is 0 Å². The summed E-state index contributed by atoms with van der Waals surface area (Å²) in [6.07, 6.45) is 0. The molecule has 0 amide bonds. The first-order chi connectivity index (χ1) is 15.2. The van der Waals surface area contributed by atoms with Crippen molar-refractivity contribution in [1.29, 1.82) is 0 Å². The molecule has 2 aromatic rings. The van der Waals surface area contributed by atoms with E-state index in [0.717, 1.165) is 26.3 Å². The topological polar surface area (TPSA) is 15.7 Å². The number of benzene rings is 2. The molecule has 1 aliphatic rings. The van der Waals surface area contributed by atoms with Crippen molar-refractivity contribution in [3.05, 3.63) is 58.7 Å². The molecule has 2 aromatic carbocycles. The molecular formula is C28H42N2OSn. The Hall–Kier alpha value is -1.20. The third-order valence-electron chi connectivity index (χ3n) is 6.38. The minimum absolute atomic E-state index is 0.511. The maximum absolute atomic E-state index is 6.12. The number of nitrogens with zero attached hydrogens (tertiary/aromatic N) is 2. The normalized spacial score (nSPS) is 15.8. The van der Waals surface area contributed by atoms with E-state index in [2.05, 4.69) is 98.0 Å². The van der Waals surface area contributed by atoms with Crippen LogP contribution in [0.1, 0.15) is 101 Å². The van der Waals surface area contributed by atoms with E-state index < -0.39 is 21.7 Å². The van der Waals surface area contributed by atoms with E-state index in [1.165, 1.54) is 33.6 Å². The summed E-state index contributed by atoms with van der Waals surface area (Å²) in [4.78, 5) is 0. The fourth-order valence-electron chi connectivity index (χ4n) is 4.63. The first-order valence-electron chi connectivity index (χ1n) is 12.4. The van der Waals surface area contributed by atoms with Gasteiger partial charge in [-0.1, -0.05) is 0 Å². The predicted molar refractivity (Wildman–Crippen MR) is 141 cm³/mol. The van der Waals surface area contributed by atoms with Crippen molar-refractivity contribution < 1.29 is 4.74 Å². The molecule has 0 saturated carbocycles. The zero-order chi connectivity index (χ0) is 23.4. The number of hydrogen-bond donors (Lipinski definition) is 0. The van der Waals surface area contributed by atoms with E-state index in [4.69, 9.17) is 4.74 Å². The molecule has 3 rings (SSSR count). The molecule has 1 aliphatic heterocycles. The van der Waals surface area contributed by atoms with Crippen LogP contribution < -0.4 is 6.24 Å². The molecular weight excluding hydrogens is 499 g/mol. The predicted octanol–water partition coefficient (Wildman–Crippen LogP) is 7.06. The van der Waals surface area contributed by atoms with Gasteiger partial charge in [0.25, 0.3) is 0 Å². The van der Waals surface area contributed by atoms with E-state index in [0.29, 0.717) is 23.7 Å². The fraction of sp³-hybridized carbons (Fsp3) is 0.571. The van der Waals surface area contributed by atoms with E-state index in [1.54, 1.807) is 0 Å². The minimum atomic E-state index is -1.11. The zero-order valence-corrected chi connectivity index (χ0v) is 24.3. The van der Waals surface area contributed by atoms with E-state index in [-0.39, 0.29) is 0 Å². The Bertz CT molecular complexity index is 767. The Morgan fingerprint density at radius 1 is 0.594 bits per heavy atom. The van der Waals surface area contributed by atoms with Crippen molar-refractivity contribution in [2.24, 2.45) is 0 Å². The molecule has 1 heterocycles. The second kappa shape index (κ2) is 11.3. The second-order valence-corrected chi connectivity index (χ2v) is 13.9. The summed E-state index contributed by atoms with van der Waals surface area (Å²) in [5.74, 6) is 2.04. The van der Waals surface area contributed by atoms with Gasteiger partial charge >= 0.3 is 208 Å². The van der Waals surface area contributed by atoms with E-state index in [1.807, 2.05) is 0 Å². The van der Waals surface area contributed by atoms with Crippen LogP contribution in [0.2, 0.25) is 0 Å². The Morgan fingerprint density at radius 2 is 0.906 bits per heavy atom. The third kappa shape index (κ3) is 5.64. The average Bonchev–Trinajstić information content (AvgIpc) is 2.72. The van der Waals surface area contributed by atoms with Crippen LogP contribution in [0, 0.1) is 0 Å². The van der Waals surface area contributed by atoms with E-state index in [9.17, 15) is 0 Å². The second-order valence-electron chi connectivity index (χ2n) is 10.2. The molecule has 0 spiro atoms. The molecule has 0 aromatic heterocycles. The molecule has 0 bridgehead atoms. The van der Waals surface area contributed by atoms with Gasteiger partial charge in [0.2, 0.25) is 0 Å². The monoisotopic (exact) mass is 542 g/mol. The fourth-order valence-corrected chi connectivity index (χ4v) is 8.60. The van der Waals surface area contributed by atoms with Crippen LogP contribution in [0.25, 0.3) is 0 Å². The average molecular weight is 541 g/mol. The van der Waals surface area contributed by atoms with Gasteiger partial charge in [-0.15, -0.1) is 0 Å². The molecule has 0 atom stereocenters. The van der Waals surface area contributed by atoms with Crippen LogP contribution >= 0.6 is 0 Å². The van der Waals surface area contributed by atoms with Gasteiger partial charge in [0.05, 0.1) is 0 Å². The zero-order valence-electron chi connectivity index (χ0n) is 21.4. The molecule has 0 aliphatic carbocycles. The number of ether oxygens (including phenoxy) is 1. The summed E-state index contributed by atoms with van der Waals surface area (Å²) in [6, 6.07) is 13.9. The van der Waals surface area contributed by atoms with Crippen molar-refractivity contribution in [3.63, 3.8) is 0 Å². The molecule has 2 radical (unpaired) electrons. The van der Waals surface area contributed by atoms with Gasteiger partial charge in [-0.05, 0) is 0 Å². The van der Waals surface area contributed by atoms with Gasteiger partial charge in [-0.25, -0.2) is 0 Å². The van der Waals surface area contributed by atoms with Gasteiger partial charge < -0.3 is 0 Å². The number of anilines is 2. The molecule has 3 nitrogen and oxygen atoms in total. The Labute approximate surface area is 207 Å². The summed E-state index contributed by atoms with van der Waals surface area (Å²) < 4.78 is 11.6. The van der Waals surface area contributed by atoms with Gasteiger partial charge in [0.15, 0.2) is 0 Å². The maximum atomic E-state index is 6.12. The standard InChI is InChI=1S/C28H42N2O.Sn/c1-19(2)23-11-9-12-24(20(3)4)27(23)29-15-17-31-18-16-30-28-25(21(5)6)13-10-14-26(28)22(7)8;/h9-14,19-22H,15-18H2,1-8H3;/q-2;+2. The van der Waals surface area contributed by atoms with Crippen LogP contribution in [0.3, 0.4) is 0 Å².